The van der Waals surface area contributed by atoms with Gasteiger partial charge in [-0.05, 0) is 84.0 Å². The van der Waals surface area contributed by atoms with E-state index in [0.717, 1.165) is 48.0 Å². The topological polar surface area (TPSA) is 94.4 Å². The second-order valence-electron chi connectivity index (χ2n) is 10.4. The Morgan fingerprint density at radius 3 is 2.48 bits per heavy atom. The number of rotatable bonds is 6. The lowest BCUT2D eigenvalue weighted by Crippen LogP contribution is -2.39. The first-order valence-corrected chi connectivity index (χ1v) is 13.5. The van der Waals surface area contributed by atoms with E-state index in [0.29, 0.717) is 11.3 Å². The van der Waals surface area contributed by atoms with Crippen molar-refractivity contribution in [3.63, 3.8) is 0 Å². The third-order valence-electron chi connectivity index (χ3n) is 7.67. The number of hydrogen-bond acceptors (Lipinski definition) is 4. The predicted octanol–water partition coefficient (Wildman–Crippen LogP) is 6.13. The number of piperidine rings is 1. The molecule has 2 heterocycles. The van der Waals surface area contributed by atoms with Gasteiger partial charge in [-0.25, -0.2) is 4.39 Å². The highest BCUT2D eigenvalue weighted by Crippen LogP contribution is 2.32. The number of benzene rings is 4. The molecule has 0 aliphatic carbocycles. The van der Waals surface area contributed by atoms with Crippen molar-refractivity contribution in [1.29, 1.82) is 0 Å². The highest BCUT2D eigenvalue weighted by Gasteiger charge is 2.24. The number of aromatic hydroxyl groups is 1. The molecule has 1 atom stereocenters. The number of aromatic nitrogens is 1. The van der Waals surface area contributed by atoms with Gasteiger partial charge in [0.1, 0.15) is 11.6 Å². The predicted molar refractivity (Wildman–Crippen MR) is 157 cm³/mol. The van der Waals surface area contributed by atoms with Crippen LogP contribution in [0.4, 0.5) is 10.1 Å². The molecule has 5 N–H and O–H groups in total. The molecule has 7 heteroatoms. The van der Waals surface area contributed by atoms with E-state index in [2.05, 4.69) is 39.5 Å². The summed E-state index contributed by atoms with van der Waals surface area (Å²) in [5.41, 5.74) is 11.4. The number of carbonyl (C=O) groups is 1. The van der Waals surface area contributed by atoms with Gasteiger partial charge in [-0.2, -0.15) is 0 Å². The largest absolute Gasteiger partial charge is 0.508 e. The molecule has 1 aromatic heterocycles. The average molecular weight is 535 g/mol. The minimum absolute atomic E-state index is 0.102. The summed E-state index contributed by atoms with van der Waals surface area (Å²) in [6.45, 7) is 1.91. The summed E-state index contributed by atoms with van der Waals surface area (Å²) in [6, 6.07) is 28.6. The fourth-order valence-electron chi connectivity index (χ4n) is 5.41. The molecule has 1 aliphatic rings. The Morgan fingerprint density at radius 1 is 0.925 bits per heavy atom. The maximum Gasteiger partial charge on any atom is 0.252 e. The van der Waals surface area contributed by atoms with Gasteiger partial charge < -0.3 is 26.0 Å². The first-order valence-electron chi connectivity index (χ1n) is 13.5. The fourth-order valence-corrected chi connectivity index (χ4v) is 5.41. The van der Waals surface area contributed by atoms with Crippen LogP contribution in [-0.4, -0.2) is 35.1 Å². The molecular formula is C33H31FN4O2. The fraction of sp³-hybridized carbons (Fsp3) is 0.182. The van der Waals surface area contributed by atoms with Crippen molar-refractivity contribution in [2.24, 2.45) is 5.73 Å². The number of phenols is 1. The molecule has 0 saturated carbocycles. The third kappa shape index (κ3) is 5.28. The number of aromatic amines is 1. The van der Waals surface area contributed by atoms with Crippen LogP contribution in [0.2, 0.25) is 0 Å². The van der Waals surface area contributed by atoms with Crippen molar-refractivity contribution in [2.45, 2.75) is 24.9 Å². The van der Waals surface area contributed by atoms with Crippen molar-refractivity contribution in [3.8, 4) is 16.9 Å². The summed E-state index contributed by atoms with van der Waals surface area (Å²) < 4.78 is 14.3. The standard InChI is InChI=1S/C33H31FN4O2/c34-25-10-13-31(39)28(20-25)32(30-19-23-4-1-2-7-29(23)36-30)37-33(40)24-6-3-5-22(18-24)21-8-11-27(12-9-21)38-16-14-26(35)15-17-38/h1-13,18-20,26,32,36,39H,14-17,35H2,(H,37,40)/t32-/m1/s1. The number of H-pyrrole nitrogens is 1. The highest BCUT2D eigenvalue weighted by molar-refractivity contribution is 5.96. The van der Waals surface area contributed by atoms with E-state index in [9.17, 15) is 14.3 Å². The van der Waals surface area contributed by atoms with Crippen LogP contribution >= 0.6 is 0 Å². The van der Waals surface area contributed by atoms with Crippen LogP contribution in [-0.2, 0) is 0 Å². The van der Waals surface area contributed by atoms with Gasteiger partial charge in [-0.15, -0.1) is 0 Å². The molecule has 0 radical (unpaired) electrons. The summed E-state index contributed by atoms with van der Waals surface area (Å²) in [6.07, 6.45) is 1.98. The summed E-state index contributed by atoms with van der Waals surface area (Å²) in [4.78, 5) is 19.2. The van der Waals surface area contributed by atoms with E-state index in [-0.39, 0.29) is 23.3 Å². The van der Waals surface area contributed by atoms with E-state index in [1.807, 2.05) is 48.5 Å². The second-order valence-corrected chi connectivity index (χ2v) is 10.4. The molecular weight excluding hydrogens is 503 g/mol. The first kappa shape index (κ1) is 25.6. The van der Waals surface area contributed by atoms with Gasteiger partial charge in [0, 0.05) is 47.2 Å². The molecule has 0 bridgehead atoms. The number of nitrogens with two attached hydrogens (primary N) is 1. The van der Waals surface area contributed by atoms with E-state index in [4.69, 9.17) is 5.73 Å². The zero-order chi connectivity index (χ0) is 27.6. The molecule has 202 valence electrons. The molecule has 0 unspecified atom stereocenters. The summed E-state index contributed by atoms with van der Waals surface area (Å²) >= 11 is 0. The number of nitrogens with zero attached hydrogens (tertiary/aromatic N) is 1. The molecule has 1 amide bonds. The summed E-state index contributed by atoms with van der Waals surface area (Å²) in [7, 11) is 0. The Hall–Kier alpha value is -4.62. The molecule has 0 spiro atoms. The SMILES string of the molecule is NC1CCN(c2ccc(-c3cccc(C(=O)N[C@@H](c4cc5ccccc5[nH]4)c4cc(F)ccc4O)c3)cc2)CC1. The number of phenolic OH excluding ortho intramolecular Hbond substituents is 1. The molecule has 5 aromatic rings. The van der Waals surface area contributed by atoms with Crippen LogP contribution in [0, 0.1) is 5.82 Å². The Bertz CT molecular complexity index is 1620. The van der Waals surface area contributed by atoms with Gasteiger partial charge in [0.05, 0.1) is 6.04 Å². The molecule has 6 nitrogen and oxygen atoms in total. The maximum atomic E-state index is 14.3. The Kier molecular flexibility index (Phi) is 6.97. The van der Waals surface area contributed by atoms with Crippen LogP contribution in [0.15, 0.2) is 97.1 Å². The van der Waals surface area contributed by atoms with E-state index >= 15 is 0 Å². The summed E-state index contributed by atoms with van der Waals surface area (Å²) in [5.74, 6) is -0.939. The van der Waals surface area contributed by atoms with Crippen LogP contribution in [0.25, 0.3) is 22.0 Å². The Labute approximate surface area is 232 Å². The molecule has 1 saturated heterocycles. The lowest BCUT2D eigenvalue weighted by atomic mass is 9.99. The number of halogens is 1. The lowest BCUT2D eigenvalue weighted by molar-refractivity contribution is 0.0942. The zero-order valence-electron chi connectivity index (χ0n) is 22.0. The number of para-hydroxylation sites is 1. The van der Waals surface area contributed by atoms with Crippen LogP contribution in [0.5, 0.6) is 5.75 Å². The van der Waals surface area contributed by atoms with E-state index < -0.39 is 11.9 Å². The minimum atomic E-state index is -0.795. The smallest absolute Gasteiger partial charge is 0.252 e. The van der Waals surface area contributed by atoms with Crippen molar-refractivity contribution in [1.82, 2.24) is 10.3 Å². The number of carbonyl (C=O) groups excluding carboxylic acids is 1. The molecule has 6 rings (SSSR count). The first-order chi connectivity index (χ1) is 19.4. The number of nitrogens with one attached hydrogen (secondary N) is 2. The van der Waals surface area contributed by atoms with Gasteiger partial charge in [0.2, 0.25) is 0 Å². The van der Waals surface area contributed by atoms with E-state index in [1.165, 1.54) is 23.9 Å². The Morgan fingerprint density at radius 2 is 1.70 bits per heavy atom. The monoisotopic (exact) mass is 534 g/mol. The van der Waals surface area contributed by atoms with Gasteiger partial charge >= 0.3 is 0 Å². The van der Waals surface area contributed by atoms with Crippen LogP contribution in [0.1, 0.15) is 40.5 Å². The van der Waals surface area contributed by atoms with E-state index in [1.54, 1.807) is 6.07 Å². The highest BCUT2D eigenvalue weighted by atomic mass is 19.1. The maximum absolute atomic E-state index is 14.3. The molecule has 40 heavy (non-hydrogen) atoms. The minimum Gasteiger partial charge on any atom is -0.508 e. The number of hydrogen-bond donors (Lipinski definition) is 4. The third-order valence-corrected chi connectivity index (χ3v) is 7.67. The second kappa shape index (κ2) is 10.9. The molecule has 1 aliphatic heterocycles. The molecule has 4 aromatic carbocycles. The summed E-state index contributed by atoms with van der Waals surface area (Å²) in [5, 5.41) is 14.6. The number of fused-ring (bicyclic) bond motifs is 1. The van der Waals surface area contributed by atoms with Crippen molar-refractivity contribution in [3.05, 3.63) is 120 Å². The normalized spacial score (nSPS) is 14.8. The lowest BCUT2D eigenvalue weighted by Gasteiger charge is -2.32. The quantitative estimate of drug-likeness (QED) is 0.211. The van der Waals surface area contributed by atoms with Crippen molar-refractivity contribution < 1.29 is 14.3 Å². The van der Waals surface area contributed by atoms with Gasteiger partial charge in [0.25, 0.3) is 5.91 Å². The van der Waals surface area contributed by atoms with Crippen LogP contribution < -0.4 is 16.0 Å². The number of amides is 1. The zero-order valence-corrected chi connectivity index (χ0v) is 22.0. The average Bonchev–Trinajstić information content (AvgIpc) is 3.42. The van der Waals surface area contributed by atoms with Crippen molar-refractivity contribution >= 4 is 22.5 Å². The van der Waals surface area contributed by atoms with Crippen LogP contribution in [0.3, 0.4) is 0 Å². The van der Waals surface area contributed by atoms with Crippen molar-refractivity contribution in [2.75, 3.05) is 18.0 Å². The van der Waals surface area contributed by atoms with Gasteiger partial charge in [0.15, 0.2) is 0 Å². The van der Waals surface area contributed by atoms with Gasteiger partial charge in [-0.1, -0.05) is 42.5 Å². The molecule has 1 fully saturated rings. The Balaban J connectivity index is 1.27. The van der Waals surface area contributed by atoms with Gasteiger partial charge in [-0.3, -0.25) is 4.79 Å². The number of anilines is 1.